The fourth-order valence-corrected chi connectivity index (χ4v) is 2.62. The van der Waals surface area contributed by atoms with Crippen LogP contribution in [-0.2, 0) is 6.42 Å². The zero-order valence-electron chi connectivity index (χ0n) is 11.9. The largest absolute Gasteiger partial charge is 0.369 e. The van der Waals surface area contributed by atoms with Gasteiger partial charge in [-0.2, -0.15) is 5.26 Å². The lowest BCUT2D eigenvalue weighted by atomic mass is 10.00. The van der Waals surface area contributed by atoms with Crippen LogP contribution in [-0.4, -0.2) is 26.2 Å². The van der Waals surface area contributed by atoms with Crippen molar-refractivity contribution in [1.29, 1.82) is 5.26 Å². The summed E-state index contributed by atoms with van der Waals surface area (Å²) in [5.41, 5.74) is 3.25. The molecule has 102 valence electrons. The molecule has 0 atom stereocenters. The number of nitrogens with one attached hydrogen (secondary N) is 1. The zero-order chi connectivity index (χ0) is 13.7. The molecule has 0 radical (unpaired) electrons. The van der Waals surface area contributed by atoms with Crippen LogP contribution in [0.1, 0.15) is 31.4 Å². The topological polar surface area (TPSA) is 39.1 Å². The maximum atomic E-state index is 9.30. The molecule has 2 rings (SSSR count). The molecule has 1 saturated heterocycles. The quantitative estimate of drug-likeness (QED) is 0.904. The van der Waals surface area contributed by atoms with Crippen molar-refractivity contribution >= 4 is 5.69 Å². The molecule has 1 N–H and O–H groups in total. The predicted octanol–water partition coefficient (Wildman–Crippen LogP) is 2.56. The molecule has 0 spiro atoms. The fourth-order valence-electron chi connectivity index (χ4n) is 2.62. The van der Waals surface area contributed by atoms with E-state index in [4.69, 9.17) is 0 Å². The first-order chi connectivity index (χ1) is 9.20. The number of benzene rings is 1. The van der Waals surface area contributed by atoms with Gasteiger partial charge in [-0.05, 0) is 43.0 Å². The molecule has 3 nitrogen and oxygen atoms in total. The third-order valence-electron chi connectivity index (χ3n) is 3.51. The number of nitriles is 1. The lowest BCUT2D eigenvalue weighted by molar-refractivity contribution is 0.647. The molecule has 1 fully saturated rings. The van der Waals surface area contributed by atoms with Gasteiger partial charge in [-0.1, -0.05) is 19.9 Å². The van der Waals surface area contributed by atoms with Gasteiger partial charge in [-0.25, -0.2) is 0 Å². The molecule has 0 unspecified atom stereocenters. The van der Waals surface area contributed by atoms with E-state index in [0.717, 1.165) is 50.3 Å². The molecule has 0 saturated carbocycles. The van der Waals surface area contributed by atoms with Gasteiger partial charge in [0.1, 0.15) is 6.07 Å². The van der Waals surface area contributed by atoms with Gasteiger partial charge in [0.15, 0.2) is 0 Å². The summed E-state index contributed by atoms with van der Waals surface area (Å²) in [6, 6.07) is 8.62. The molecule has 19 heavy (non-hydrogen) atoms. The lowest BCUT2D eigenvalue weighted by Crippen LogP contribution is -2.28. The maximum absolute atomic E-state index is 9.30. The minimum Gasteiger partial charge on any atom is -0.369 e. The Labute approximate surface area is 116 Å². The standard InChI is InChI=1S/C16H23N3/c1-13(2)10-14-4-5-15(12-17)16(11-14)19-8-3-6-18-7-9-19/h4-5,11,13,18H,3,6-10H2,1-2H3. The van der Waals surface area contributed by atoms with Crippen LogP contribution in [0.25, 0.3) is 0 Å². The highest BCUT2D eigenvalue weighted by atomic mass is 15.2. The number of rotatable bonds is 3. The molecule has 0 aromatic heterocycles. The van der Waals surface area contributed by atoms with Crippen molar-refractivity contribution in [1.82, 2.24) is 5.32 Å². The van der Waals surface area contributed by atoms with Crippen molar-refractivity contribution in [2.45, 2.75) is 26.7 Å². The number of hydrogen-bond donors (Lipinski definition) is 1. The fraction of sp³-hybridized carbons (Fsp3) is 0.562. The third kappa shape index (κ3) is 3.71. The second kappa shape index (κ2) is 6.58. The van der Waals surface area contributed by atoms with Crippen molar-refractivity contribution in [3.05, 3.63) is 29.3 Å². The van der Waals surface area contributed by atoms with Crippen LogP contribution < -0.4 is 10.2 Å². The second-order valence-electron chi connectivity index (χ2n) is 5.65. The molecule has 1 aromatic rings. The average Bonchev–Trinajstić information content (AvgIpc) is 2.66. The zero-order valence-corrected chi connectivity index (χ0v) is 11.9. The Balaban J connectivity index is 2.27. The van der Waals surface area contributed by atoms with Crippen LogP contribution in [0.2, 0.25) is 0 Å². The Kier molecular flexibility index (Phi) is 4.81. The van der Waals surface area contributed by atoms with Crippen molar-refractivity contribution in [2.75, 3.05) is 31.1 Å². The Morgan fingerprint density at radius 2 is 2.16 bits per heavy atom. The molecule has 0 aliphatic carbocycles. The minimum atomic E-state index is 0.645. The molecule has 3 heteroatoms. The summed E-state index contributed by atoms with van der Waals surface area (Å²) in [5.74, 6) is 0.645. The molecular weight excluding hydrogens is 234 g/mol. The van der Waals surface area contributed by atoms with E-state index in [1.54, 1.807) is 0 Å². The van der Waals surface area contributed by atoms with Crippen molar-refractivity contribution in [3.63, 3.8) is 0 Å². The summed E-state index contributed by atoms with van der Waals surface area (Å²) >= 11 is 0. The van der Waals surface area contributed by atoms with Gasteiger partial charge < -0.3 is 10.2 Å². The van der Waals surface area contributed by atoms with E-state index < -0.39 is 0 Å². The third-order valence-corrected chi connectivity index (χ3v) is 3.51. The van der Waals surface area contributed by atoms with Crippen LogP contribution >= 0.6 is 0 Å². The summed E-state index contributed by atoms with van der Waals surface area (Å²) in [7, 11) is 0. The Hall–Kier alpha value is -1.53. The van der Waals surface area contributed by atoms with Gasteiger partial charge in [0, 0.05) is 19.6 Å². The second-order valence-corrected chi connectivity index (χ2v) is 5.65. The van der Waals surface area contributed by atoms with E-state index in [1.165, 1.54) is 5.56 Å². The summed E-state index contributed by atoms with van der Waals surface area (Å²) < 4.78 is 0. The van der Waals surface area contributed by atoms with Gasteiger partial charge in [0.25, 0.3) is 0 Å². The molecule has 1 aromatic carbocycles. The van der Waals surface area contributed by atoms with Crippen LogP contribution in [0.5, 0.6) is 0 Å². The van der Waals surface area contributed by atoms with Gasteiger partial charge >= 0.3 is 0 Å². The predicted molar refractivity (Wildman–Crippen MR) is 79.4 cm³/mol. The van der Waals surface area contributed by atoms with Gasteiger partial charge in [0.05, 0.1) is 11.3 Å². The molecule has 0 amide bonds. The molecule has 1 heterocycles. The van der Waals surface area contributed by atoms with E-state index in [9.17, 15) is 5.26 Å². The van der Waals surface area contributed by atoms with E-state index in [0.29, 0.717) is 5.92 Å². The Bertz CT molecular complexity index is 452. The first-order valence-electron chi connectivity index (χ1n) is 7.19. The monoisotopic (exact) mass is 257 g/mol. The lowest BCUT2D eigenvalue weighted by Gasteiger charge is -2.24. The summed E-state index contributed by atoms with van der Waals surface area (Å²) in [4.78, 5) is 2.35. The first-order valence-corrected chi connectivity index (χ1v) is 7.19. The molecule has 0 bridgehead atoms. The summed E-state index contributed by atoms with van der Waals surface area (Å²) in [5, 5.41) is 12.7. The van der Waals surface area contributed by atoms with Crippen LogP contribution in [0.15, 0.2) is 18.2 Å². The summed E-state index contributed by atoms with van der Waals surface area (Å²) in [6.45, 7) is 8.55. The Morgan fingerprint density at radius 3 is 2.89 bits per heavy atom. The highest BCUT2D eigenvalue weighted by molar-refractivity contribution is 5.61. The summed E-state index contributed by atoms with van der Waals surface area (Å²) in [6.07, 6.45) is 2.21. The molecular formula is C16H23N3. The number of nitrogens with zero attached hydrogens (tertiary/aromatic N) is 2. The SMILES string of the molecule is CC(C)Cc1ccc(C#N)c(N2CCCNCC2)c1. The first kappa shape index (κ1) is 13.9. The minimum absolute atomic E-state index is 0.645. The average molecular weight is 257 g/mol. The highest BCUT2D eigenvalue weighted by Crippen LogP contribution is 2.24. The highest BCUT2D eigenvalue weighted by Gasteiger charge is 2.14. The van der Waals surface area contributed by atoms with Crippen molar-refractivity contribution < 1.29 is 0 Å². The van der Waals surface area contributed by atoms with E-state index in [-0.39, 0.29) is 0 Å². The van der Waals surface area contributed by atoms with E-state index in [1.807, 2.05) is 6.07 Å². The van der Waals surface area contributed by atoms with Gasteiger partial charge in [-0.3, -0.25) is 0 Å². The van der Waals surface area contributed by atoms with Crippen LogP contribution in [0.4, 0.5) is 5.69 Å². The Morgan fingerprint density at radius 1 is 1.32 bits per heavy atom. The smallest absolute Gasteiger partial charge is 0.101 e. The van der Waals surface area contributed by atoms with Crippen LogP contribution in [0, 0.1) is 17.2 Å². The van der Waals surface area contributed by atoms with Crippen molar-refractivity contribution in [3.8, 4) is 6.07 Å². The number of hydrogen-bond acceptors (Lipinski definition) is 3. The van der Waals surface area contributed by atoms with Gasteiger partial charge in [0.2, 0.25) is 0 Å². The van der Waals surface area contributed by atoms with Crippen molar-refractivity contribution in [2.24, 2.45) is 5.92 Å². The van der Waals surface area contributed by atoms with E-state index in [2.05, 4.69) is 42.3 Å². The van der Waals surface area contributed by atoms with Gasteiger partial charge in [-0.15, -0.1) is 0 Å². The normalized spacial score (nSPS) is 16.2. The number of anilines is 1. The molecule has 1 aliphatic heterocycles. The molecule has 1 aliphatic rings. The van der Waals surface area contributed by atoms with E-state index >= 15 is 0 Å². The maximum Gasteiger partial charge on any atom is 0.101 e. The van der Waals surface area contributed by atoms with Crippen LogP contribution in [0.3, 0.4) is 0 Å².